The number of esters is 1. The van der Waals surface area contributed by atoms with Crippen LogP contribution in [-0.2, 0) is 15.7 Å². The minimum Gasteiger partial charge on any atom is -0.491 e. The molecule has 2 aliphatic rings. The molecule has 26 heavy (non-hydrogen) atoms. The van der Waals surface area contributed by atoms with E-state index in [1.807, 2.05) is 0 Å². The fraction of sp³-hybridized carbons (Fsp3) is 0.500. The van der Waals surface area contributed by atoms with E-state index in [1.165, 1.54) is 18.2 Å². The topological polar surface area (TPSA) is 76.0 Å². The molecule has 2 N–H and O–H groups in total. The minimum atomic E-state index is -4.46. The van der Waals surface area contributed by atoms with Crippen molar-refractivity contribution >= 4 is 5.97 Å². The zero-order valence-corrected chi connectivity index (χ0v) is 13.7. The van der Waals surface area contributed by atoms with Gasteiger partial charge >= 0.3 is 12.1 Å². The summed E-state index contributed by atoms with van der Waals surface area (Å²) in [5.74, 6) is -0.721. The fourth-order valence-electron chi connectivity index (χ4n) is 3.44. The molecule has 1 heterocycles. The van der Waals surface area contributed by atoms with Crippen LogP contribution in [-0.4, -0.2) is 41.1 Å². The van der Waals surface area contributed by atoms with Crippen LogP contribution in [0.25, 0.3) is 0 Å². The van der Waals surface area contributed by atoms with Crippen molar-refractivity contribution in [3.63, 3.8) is 0 Å². The fourth-order valence-corrected chi connectivity index (χ4v) is 3.44. The van der Waals surface area contributed by atoms with Crippen molar-refractivity contribution in [2.24, 2.45) is 11.8 Å². The highest BCUT2D eigenvalue weighted by Crippen LogP contribution is 2.42. The minimum absolute atomic E-state index is 0.00281. The van der Waals surface area contributed by atoms with Gasteiger partial charge in [-0.3, -0.25) is 4.79 Å². The first-order valence-electron chi connectivity index (χ1n) is 8.28. The lowest BCUT2D eigenvalue weighted by Crippen LogP contribution is -2.20. The lowest BCUT2D eigenvalue weighted by Gasteiger charge is -2.16. The van der Waals surface area contributed by atoms with E-state index in [4.69, 9.17) is 9.47 Å². The second kappa shape index (κ2) is 7.28. The summed E-state index contributed by atoms with van der Waals surface area (Å²) in [5, 5.41) is 20.0. The van der Waals surface area contributed by atoms with Crippen LogP contribution >= 0.6 is 0 Å². The van der Waals surface area contributed by atoms with Crippen LogP contribution in [0.5, 0.6) is 5.75 Å². The van der Waals surface area contributed by atoms with Crippen LogP contribution in [0.15, 0.2) is 36.4 Å². The van der Waals surface area contributed by atoms with E-state index in [0.29, 0.717) is 6.42 Å². The third kappa shape index (κ3) is 4.19. The number of carbonyl (C=O) groups is 1. The Labute approximate surface area is 148 Å². The molecule has 0 radical (unpaired) electrons. The number of aliphatic hydroxyl groups is 2. The summed E-state index contributed by atoms with van der Waals surface area (Å²) in [5.41, 5.74) is -0.828. The van der Waals surface area contributed by atoms with E-state index in [1.54, 1.807) is 6.08 Å². The molecule has 142 valence electrons. The monoisotopic (exact) mass is 372 g/mol. The number of alkyl halides is 3. The Balaban J connectivity index is 1.55. The molecule has 1 aromatic carbocycles. The summed E-state index contributed by atoms with van der Waals surface area (Å²) in [6, 6.07) is 4.40. The van der Waals surface area contributed by atoms with Gasteiger partial charge in [0.15, 0.2) is 0 Å². The molecule has 8 heteroatoms. The van der Waals surface area contributed by atoms with Crippen molar-refractivity contribution in [2.45, 2.75) is 37.3 Å². The van der Waals surface area contributed by atoms with E-state index in [-0.39, 0.29) is 42.7 Å². The molecule has 2 fully saturated rings. The number of aliphatic hydroxyl groups excluding tert-OH is 2. The van der Waals surface area contributed by atoms with E-state index in [2.05, 4.69) is 0 Å². The van der Waals surface area contributed by atoms with Gasteiger partial charge in [-0.2, -0.15) is 13.2 Å². The molecule has 0 unspecified atom stereocenters. The Morgan fingerprint density at radius 1 is 1.38 bits per heavy atom. The summed E-state index contributed by atoms with van der Waals surface area (Å²) in [6.07, 6.45) is -2.85. The summed E-state index contributed by atoms with van der Waals surface area (Å²) in [7, 11) is 0. The smallest absolute Gasteiger partial charge is 0.416 e. The molecule has 1 aliphatic carbocycles. The van der Waals surface area contributed by atoms with Gasteiger partial charge in [-0.15, -0.1) is 0 Å². The van der Waals surface area contributed by atoms with Crippen molar-refractivity contribution in [3.8, 4) is 5.75 Å². The first-order valence-corrected chi connectivity index (χ1v) is 8.28. The number of halogens is 3. The number of hydrogen-bond acceptors (Lipinski definition) is 5. The van der Waals surface area contributed by atoms with Gasteiger partial charge in [0.05, 0.1) is 18.1 Å². The van der Waals surface area contributed by atoms with Gasteiger partial charge in [0.25, 0.3) is 0 Å². The van der Waals surface area contributed by atoms with Crippen LogP contribution < -0.4 is 4.74 Å². The normalized spacial score (nSPS) is 29.7. The molecule has 5 atom stereocenters. The molecule has 1 saturated heterocycles. The van der Waals surface area contributed by atoms with Gasteiger partial charge in [0, 0.05) is 18.3 Å². The number of carbonyl (C=O) groups excluding carboxylic acids is 1. The molecule has 1 aromatic rings. The van der Waals surface area contributed by atoms with Crippen molar-refractivity contribution < 1.29 is 37.7 Å². The number of rotatable bonds is 5. The quantitative estimate of drug-likeness (QED) is 0.613. The molecule has 1 saturated carbocycles. The van der Waals surface area contributed by atoms with Crippen LogP contribution in [0.1, 0.15) is 18.4 Å². The predicted molar refractivity (Wildman–Crippen MR) is 84.2 cm³/mol. The van der Waals surface area contributed by atoms with E-state index >= 15 is 0 Å². The summed E-state index contributed by atoms with van der Waals surface area (Å²) in [4.78, 5) is 11.3. The maximum atomic E-state index is 12.7. The van der Waals surface area contributed by atoms with Gasteiger partial charge in [0.2, 0.25) is 0 Å². The van der Waals surface area contributed by atoms with Crippen LogP contribution in [0.4, 0.5) is 13.2 Å². The Hall–Kier alpha value is -2.06. The highest BCUT2D eigenvalue weighted by Gasteiger charge is 2.48. The average molecular weight is 372 g/mol. The Morgan fingerprint density at radius 3 is 2.88 bits per heavy atom. The molecule has 3 rings (SSSR count). The van der Waals surface area contributed by atoms with Crippen LogP contribution in [0.2, 0.25) is 0 Å². The average Bonchev–Trinajstić information content (AvgIpc) is 3.05. The number of fused-ring (bicyclic) bond motifs is 1. The number of ether oxygens (including phenoxy) is 2. The van der Waals surface area contributed by atoms with Gasteiger partial charge in [-0.1, -0.05) is 18.2 Å². The summed E-state index contributed by atoms with van der Waals surface area (Å²) in [6.45, 7) is -0.232. The maximum absolute atomic E-state index is 12.7. The van der Waals surface area contributed by atoms with Crippen molar-refractivity contribution in [3.05, 3.63) is 42.0 Å². The molecule has 0 spiro atoms. The highest BCUT2D eigenvalue weighted by molar-refractivity contribution is 5.72. The van der Waals surface area contributed by atoms with Gasteiger partial charge in [-0.05, 0) is 18.2 Å². The third-order valence-electron chi connectivity index (χ3n) is 4.71. The van der Waals surface area contributed by atoms with Gasteiger partial charge < -0.3 is 19.7 Å². The van der Waals surface area contributed by atoms with E-state index in [9.17, 15) is 28.2 Å². The molecule has 0 bridgehead atoms. The molecule has 5 nitrogen and oxygen atoms in total. The van der Waals surface area contributed by atoms with E-state index in [0.717, 1.165) is 12.1 Å². The third-order valence-corrected chi connectivity index (χ3v) is 4.71. The standard InChI is InChI=1S/C18H19F3O5/c19-18(20,21)10-2-1-3-12(6-10)25-9-11(22)4-5-13-14-7-17(24)26-16(14)8-15(13)23/h1-6,11,13-16,22-23H,7-9H2/b5-4+/t11-,13+,14-,15-,16+/m1/s1. The van der Waals surface area contributed by atoms with Gasteiger partial charge in [-0.25, -0.2) is 0 Å². The summed E-state index contributed by atoms with van der Waals surface area (Å²) < 4.78 is 48.3. The largest absolute Gasteiger partial charge is 0.491 e. The molecular weight excluding hydrogens is 353 g/mol. The van der Waals surface area contributed by atoms with Crippen molar-refractivity contribution in [1.82, 2.24) is 0 Å². The molecule has 1 aliphatic heterocycles. The summed E-state index contributed by atoms with van der Waals surface area (Å²) >= 11 is 0. The second-order valence-corrected chi connectivity index (χ2v) is 6.57. The highest BCUT2D eigenvalue weighted by atomic mass is 19.4. The number of hydrogen-bond donors (Lipinski definition) is 2. The Morgan fingerprint density at radius 2 is 2.15 bits per heavy atom. The Bertz CT molecular complexity index is 688. The van der Waals surface area contributed by atoms with Crippen molar-refractivity contribution in [2.75, 3.05) is 6.61 Å². The SMILES string of the molecule is O=C1C[C@@H]2[C@H](/C=C/[C@@H](O)COc3cccc(C(F)(F)F)c3)[C@H](O)C[C@@H]2O1. The molecule has 0 aromatic heterocycles. The molecular formula is C18H19F3O5. The first kappa shape index (κ1) is 18.7. The van der Waals surface area contributed by atoms with Crippen LogP contribution in [0, 0.1) is 11.8 Å². The molecule has 0 amide bonds. The lowest BCUT2D eigenvalue weighted by atomic mass is 9.91. The second-order valence-electron chi connectivity index (χ2n) is 6.57. The predicted octanol–water partition coefficient (Wildman–Crippen LogP) is 2.31. The maximum Gasteiger partial charge on any atom is 0.416 e. The van der Waals surface area contributed by atoms with Crippen molar-refractivity contribution in [1.29, 1.82) is 0 Å². The zero-order valence-electron chi connectivity index (χ0n) is 13.7. The zero-order chi connectivity index (χ0) is 18.9. The lowest BCUT2D eigenvalue weighted by molar-refractivity contribution is -0.142. The van der Waals surface area contributed by atoms with Crippen LogP contribution in [0.3, 0.4) is 0 Å². The number of benzene rings is 1. The first-order chi connectivity index (χ1) is 12.2. The van der Waals surface area contributed by atoms with Gasteiger partial charge in [0.1, 0.15) is 24.6 Å². The van der Waals surface area contributed by atoms with E-state index < -0.39 is 23.9 Å². The Kier molecular flexibility index (Phi) is 5.24.